The molecule has 0 spiro atoms. The van der Waals surface area contributed by atoms with Crippen molar-refractivity contribution in [1.82, 2.24) is 14.9 Å². The molecular formula is C10H15N3O2. The second-order valence-electron chi connectivity index (χ2n) is 3.55. The molecule has 1 unspecified atom stereocenters. The number of hydrogen-bond acceptors (Lipinski definition) is 4. The molecule has 0 amide bonds. The highest BCUT2D eigenvalue weighted by molar-refractivity contribution is 5.87. The third-order valence-corrected chi connectivity index (χ3v) is 2.54. The summed E-state index contributed by atoms with van der Waals surface area (Å²) in [6, 6.07) is 0.196. The number of imidazole rings is 1. The number of carbonyl (C=O) groups is 1. The number of ether oxygens (including phenoxy) is 1. The summed E-state index contributed by atoms with van der Waals surface area (Å²) in [6.45, 7) is 5.86. The van der Waals surface area contributed by atoms with E-state index >= 15 is 0 Å². The second-order valence-corrected chi connectivity index (χ2v) is 3.55. The standard InChI is InChI=1S/C10H15N3O2/c1-3-15-10(14)8-6-12-9-7(2)11-4-5-13(8)9/h6-7,11H,3-5H2,1-2H3. The molecule has 0 saturated carbocycles. The number of fused-ring (bicyclic) bond motifs is 1. The van der Waals surface area contributed by atoms with Crippen molar-refractivity contribution in [2.45, 2.75) is 26.4 Å². The largest absolute Gasteiger partial charge is 0.461 e. The molecule has 1 atom stereocenters. The maximum Gasteiger partial charge on any atom is 0.356 e. The third kappa shape index (κ3) is 1.74. The zero-order chi connectivity index (χ0) is 10.8. The van der Waals surface area contributed by atoms with Gasteiger partial charge in [0.1, 0.15) is 11.5 Å². The van der Waals surface area contributed by atoms with Crippen molar-refractivity contribution in [1.29, 1.82) is 0 Å². The minimum atomic E-state index is -0.287. The van der Waals surface area contributed by atoms with Crippen LogP contribution in [0.2, 0.25) is 0 Å². The average Bonchev–Trinajstić information content (AvgIpc) is 2.63. The Morgan fingerprint density at radius 2 is 2.60 bits per heavy atom. The van der Waals surface area contributed by atoms with Crippen molar-refractivity contribution in [2.75, 3.05) is 13.2 Å². The van der Waals surface area contributed by atoms with Gasteiger partial charge in [-0.15, -0.1) is 0 Å². The highest BCUT2D eigenvalue weighted by Crippen LogP contribution is 2.17. The zero-order valence-electron chi connectivity index (χ0n) is 8.99. The van der Waals surface area contributed by atoms with Crippen LogP contribution in [0.3, 0.4) is 0 Å². The normalized spacial score (nSPS) is 19.7. The summed E-state index contributed by atoms with van der Waals surface area (Å²) in [7, 11) is 0. The lowest BCUT2D eigenvalue weighted by atomic mass is 10.2. The molecule has 2 rings (SSSR count). The van der Waals surface area contributed by atoms with Crippen molar-refractivity contribution in [3.8, 4) is 0 Å². The molecule has 0 bridgehead atoms. The van der Waals surface area contributed by atoms with Crippen LogP contribution in [0.5, 0.6) is 0 Å². The molecule has 1 aromatic rings. The Bertz CT molecular complexity index is 373. The van der Waals surface area contributed by atoms with Gasteiger partial charge >= 0.3 is 5.97 Å². The Balaban J connectivity index is 2.30. The van der Waals surface area contributed by atoms with Crippen LogP contribution in [0.4, 0.5) is 0 Å². The van der Waals surface area contributed by atoms with Crippen LogP contribution in [0, 0.1) is 0 Å². The summed E-state index contributed by atoms with van der Waals surface area (Å²) in [5.41, 5.74) is 0.556. The van der Waals surface area contributed by atoms with Crippen LogP contribution in [0.1, 0.15) is 36.2 Å². The van der Waals surface area contributed by atoms with E-state index in [1.807, 2.05) is 11.5 Å². The molecule has 1 aliphatic rings. The lowest BCUT2D eigenvalue weighted by Crippen LogP contribution is -2.33. The van der Waals surface area contributed by atoms with Crippen molar-refractivity contribution in [2.24, 2.45) is 0 Å². The van der Waals surface area contributed by atoms with E-state index in [-0.39, 0.29) is 12.0 Å². The number of nitrogens with zero attached hydrogens (tertiary/aromatic N) is 2. The van der Waals surface area contributed by atoms with Crippen molar-refractivity contribution >= 4 is 5.97 Å². The first-order valence-electron chi connectivity index (χ1n) is 5.20. The molecule has 0 saturated heterocycles. The third-order valence-electron chi connectivity index (χ3n) is 2.54. The van der Waals surface area contributed by atoms with Crippen molar-refractivity contribution < 1.29 is 9.53 Å². The molecule has 0 aromatic carbocycles. The monoisotopic (exact) mass is 209 g/mol. The Hall–Kier alpha value is -1.36. The highest BCUT2D eigenvalue weighted by Gasteiger charge is 2.23. The van der Waals surface area contributed by atoms with E-state index in [0.717, 1.165) is 18.9 Å². The SMILES string of the molecule is CCOC(=O)c1cnc2n1CCNC2C. The average molecular weight is 209 g/mol. The molecule has 1 N–H and O–H groups in total. The number of aromatic nitrogens is 2. The molecule has 82 valence electrons. The zero-order valence-corrected chi connectivity index (χ0v) is 8.99. The van der Waals surface area contributed by atoms with E-state index in [1.165, 1.54) is 0 Å². The van der Waals surface area contributed by atoms with Gasteiger partial charge in [-0.2, -0.15) is 0 Å². The summed E-state index contributed by atoms with van der Waals surface area (Å²) < 4.78 is 6.90. The van der Waals surface area contributed by atoms with Gasteiger partial charge < -0.3 is 14.6 Å². The van der Waals surface area contributed by atoms with Gasteiger partial charge in [-0.05, 0) is 13.8 Å². The fourth-order valence-electron chi connectivity index (χ4n) is 1.82. The van der Waals surface area contributed by atoms with E-state index in [1.54, 1.807) is 13.1 Å². The van der Waals surface area contributed by atoms with Gasteiger partial charge in [-0.25, -0.2) is 9.78 Å². The van der Waals surface area contributed by atoms with E-state index < -0.39 is 0 Å². The smallest absolute Gasteiger partial charge is 0.356 e. The Morgan fingerprint density at radius 3 is 3.33 bits per heavy atom. The van der Waals surface area contributed by atoms with Crippen LogP contribution in [0.25, 0.3) is 0 Å². The molecular weight excluding hydrogens is 194 g/mol. The van der Waals surface area contributed by atoms with E-state index in [2.05, 4.69) is 10.3 Å². The fourth-order valence-corrected chi connectivity index (χ4v) is 1.82. The van der Waals surface area contributed by atoms with Crippen molar-refractivity contribution in [3.63, 3.8) is 0 Å². The molecule has 5 nitrogen and oxygen atoms in total. The van der Waals surface area contributed by atoms with E-state index in [4.69, 9.17) is 4.74 Å². The lowest BCUT2D eigenvalue weighted by Gasteiger charge is -2.22. The van der Waals surface area contributed by atoms with Crippen molar-refractivity contribution in [3.05, 3.63) is 17.7 Å². The maximum absolute atomic E-state index is 11.6. The van der Waals surface area contributed by atoms with Crippen LogP contribution in [-0.4, -0.2) is 28.7 Å². The summed E-state index contributed by atoms with van der Waals surface area (Å²) in [5, 5.41) is 3.29. The van der Waals surface area contributed by atoms with Gasteiger partial charge in [0.05, 0.1) is 18.8 Å². The highest BCUT2D eigenvalue weighted by atomic mass is 16.5. The number of hydrogen-bond donors (Lipinski definition) is 1. The van der Waals surface area contributed by atoms with Gasteiger partial charge in [0, 0.05) is 13.1 Å². The van der Waals surface area contributed by atoms with E-state index in [9.17, 15) is 4.79 Å². The fraction of sp³-hybridized carbons (Fsp3) is 0.600. The minimum absolute atomic E-state index is 0.196. The molecule has 0 radical (unpaired) electrons. The first-order chi connectivity index (χ1) is 7.24. The van der Waals surface area contributed by atoms with Gasteiger partial charge in [0.15, 0.2) is 0 Å². The summed E-state index contributed by atoms with van der Waals surface area (Å²) >= 11 is 0. The number of nitrogens with one attached hydrogen (secondary N) is 1. The number of esters is 1. The quantitative estimate of drug-likeness (QED) is 0.729. The van der Waals surface area contributed by atoms with Crippen LogP contribution < -0.4 is 5.32 Å². The molecule has 0 aliphatic carbocycles. The van der Waals surface area contributed by atoms with Crippen LogP contribution >= 0.6 is 0 Å². The molecule has 1 aromatic heterocycles. The molecule has 1 aliphatic heterocycles. The Morgan fingerprint density at radius 1 is 1.80 bits per heavy atom. The summed E-state index contributed by atoms with van der Waals surface area (Å²) in [6.07, 6.45) is 1.59. The van der Waals surface area contributed by atoms with Gasteiger partial charge in [-0.1, -0.05) is 0 Å². The number of rotatable bonds is 2. The molecule has 2 heterocycles. The first-order valence-corrected chi connectivity index (χ1v) is 5.20. The van der Waals surface area contributed by atoms with Gasteiger partial charge in [0.2, 0.25) is 0 Å². The van der Waals surface area contributed by atoms with Gasteiger partial charge in [0.25, 0.3) is 0 Å². The Labute approximate surface area is 88.4 Å². The summed E-state index contributed by atoms with van der Waals surface area (Å²) in [5.74, 6) is 0.620. The van der Waals surface area contributed by atoms with Crippen LogP contribution in [0.15, 0.2) is 6.20 Å². The molecule has 5 heteroatoms. The number of carbonyl (C=O) groups excluding carboxylic acids is 1. The van der Waals surface area contributed by atoms with Crippen LogP contribution in [-0.2, 0) is 11.3 Å². The Kier molecular flexibility index (Phi) is 2.73. The maximum atomic E-state index is 11.6. The van der Waals surface area contributed by atoms with Gasteiger partial charge in [-0.3, -0.25) is 0 Å². The first kappa shape index (κ1) is 10.2. The predicted octanol–water partition coefficient (Wildman–Crippen LogP) is 0.724. The second kappa shape index (κ2) is 4.02. The summed E-state index contributed by atoms with van der Waals surface area (Å²) in [4.78, 5) is 15.8. The molecule has 0 fully saturated rings. The van der Waals surface area contributed by atoms with E-state index in [0.29, 0.717) is 12.3 Å². The topological polar surface area (TPSA) is 56.1 Å². The lowest BCUT2D eigenvalue weighted by molar-refractivity contribution is 0.0512. The minimum Gasteiger partial charge on any atom is -0.461 e. The predicted molar refractivity (Wildman–Crippen MR) is 54.6 cm³/mol. The molecule has 15 heavy (non-hydrogen) atoms.